The van der Waals surface area contributed by atoms with Gasteiger partial charge in [-0.05, 0) is 35.7 Å². The number of carbonyl (C=O) groups is 1. The molecule has 1 heterocycles. The van der Waals surface area contributed by atoms with E-state index >= 15 is 0 Å². The number of ether oxygens (including phenoxy) is 1. The van der Waals surface area contributed by atoms with Gasteiger partial charge < -0.3 is 14.5 Å². The first-order valence-electron chi connectivity index (χ1n) is 10.5. The number of amides is 1. The van der Waals surface area contributed by atoms with Gasteiger partial charge in [-0.1, -0.05) is 72.8 Å². The second-order valence-corrected chi connectivity index (χ2v) is 7.72. The summed E-state index contributed by atoms with van der Waals surface area (Å²) < 4.78 is 6.15. The molecule has 1 fully saturated rings. The summed E-state index contributed by atoms with van der Waals surface area (Å²) >= 11 is 0. The van der Waals surface area contributed by atoms with E-state index in [1.807, 2.05) is 65.6 Å². The number of anilines is 1. The quantitative estimate of drug-likeness (QED) is 0.613. The van der Waals surface area contributed by atoms with Crippen LogP contribution in [0.5, 0.6) is 0 Å². The van der Waals surface area contributed by atoms with Gasteiger partial charge in [0.15, 0.2) is 0 Å². The number of carbonyl (C=O) groups excluding carboxylic acids is 1. The van der Waals surface area contributed by atoms with Crippen molar-refractivity contribution in [3.05, 3.63) is 102 Å². The third-order valence-corrected chi connectivity index (χ3v) is 5.58. The van der Waals surface area contributed by atoms with Crippen molar-refractivity contribution >= 4 is 11.6 Å². The molecule has 3 aromatic carbocycles. The zero-order chi connectivity index (χ0) is 20.8. The first-order valence-corrected chi connectivity index (χ1v) is 10.5. The van der Waals surface area contributed by atoms with Crippen molar-refractivity contribution in [3.63, 3.8) is 0 Å². The lowest BCUT2D eigenvalue weighted by Crippen LogP contribution is -2.49. The minimum atomic E-state index is -0.245. The van der Waals surface area contributed by atoms with Gasteiger partial charge in [-0.25, -0.2) is 0 Å². The topological polar surface area (TPSA) is 32.8 Å². The zero-order valence-electron chi connectivity index (χ0n) is 17.4. The van der Waals surface area contributed by atoms with Gasteiger partial charge in [-0.2, -0.15) is 0 Å². The largest absolute Gasteiger partial charge is 0.368 e. The van der Waals surface area contributed by atoms with E-state index in [1.54, 1.807) is 0 Å². The van der Waals surface area contributed by atoms with Crippen molar-refractivity contribution in [2.45, 2.75) is 13.0 Å². The molecular formula is C26H28N2O2. The SMILES string of the molecule is Cc1cccc(N2CCN(C(=O)COC(c3ccccc3)c3ccccc3)CC2)c1. The summed E-state index contributed by atoms with van der Waals surface area (Å²) in [6, 6.07) is 28.7. The molecule has 4 rings (SSSR count). The molecule has 0 spiro atoms. The molecule has 0 unspecified atom stereocenters. The number of aryl methyl sites for hydroxylation is 1. The smallest absolute Gasteiger partial charge is 0.248 e. The van der Waals surface area contributed by atoms with Crippen LogP contribution in [0.15, 0.2) is 84.9 Å². The molecule has 0 N–H and O–H groups in total. The predicted molar refractivity (Wildman–Crippen MR) is 121 cm³/mol. The summed E-state index contributed by atoms with van der Waals surface area (Å²) in [6.07, 6.45) is -0.245. The van der Waals surface area contributed by atoms with E-state index in [9.17, 15) is 4.79 Å². The van der Waals surface area contributed by atoms with Crippen LogP contribution in [0.1, 0.15) is 22.8 Å². The van der Waals surface area contributed by atoms with Crippen LogP contribution < -0.4 is 4.90 Å². The van der Waals surface area contributed by atoms with E-state index in [0.29, 0.717) is 0 Å². The minimum absolute atomic E-state index is 0.0516. The van der Waals surface area contributed by atoms with E-state index < -0.39 is 0 Å². The summed E-state index contributed by atoms with van der Waals surface area (Å²) in [7, 11) is 0. The van der Waals surface area contributed by atoms with Crippen LogP contribution >= 0.6 is 0 Å². The van der Waals surface area contributed by atoms with Gasteiger partial charge in [-0.15, -0.1) is 0 Å². The Kier molecular flexibility index (Phi) is 6.45. The van der Waals surface area contributed by atoms with Crippen molar-refractivity contribution in [2.75, 3.05) is 37.7 Å². The Bertz CT molecular complexity index is 912. The molecule has 1 aliphatic heterocycles. The minimum Gasteiger partial charge on any atom is -0.368 e. The van der Waals surface area contributed by atoms with Crippen molar-refractivity contribution in [2.24, 2.45) is 0 Å². The summed E-state index contributed by atoms with van der Waals surface area (Å²) in [5.41, 5.74) is 4.60. The lowest BCUT2D eigenvalue weighted by atomic mass is 10.0. The molecule has 4 heteroatoms. The molecule has 3 aromatic rings. The van der Waals surface area contributed by atoms with Gasteiger partial charge in [0.25, 0.3) is 0 Å². The highest BCUT2D eigenvalue weighted by Crippen LogP contribution is 2.26. The lowest BCUT2D eigenvalue weighted by Gasteiger charge is -2.36. The second kappa shape index (κ2) is 9.59. The molecule has 0 aromatic heterocycles. The Morgan fingerprint density at radius 3 is 2.00 bits per heavy atom. The summed E-state index contributed by atoms with van der Waals surface area (Å²) in [4.78, 5) is 17.1. The fourth-order valence-corrected chi connectivity index (χ4v) is 3.93. The van der Waals surface area contributed by atoms with Crippen LogP contribution in [0.4, 0.5) is 5.69 Å². The normalized spacial score (nSPS) is 14.2. The molecule has 0 aliphatic carbocycles. The number of benzene rings is 3. The van der Waals surface area contributed by atoms with Crippen LogP contribution in [-0.4, -0.2) is 43.6 Å². The standard InChI is InChI=1S/C26H28N2O2/c1-21-9-8-14-24(19-21)27-15-17-28(18-16-27)25(29)20-30-26(22-10-4-2-5-11-22)23-12-6-3-7-13-23/h2-14,19,26H,15-18,20H2,1H3. The van der Waals surface area contributed by atoms with E-state index in [1.165, 1.54) is 11.3 Å². The lowest BCUT2D eigenvalue weighted by molar-refractivity contribution is -0.137. The number of hydrogen-bond donors (Lipinski definition) is 0. The number of hydrogen-bond acceptors (Lipinski definition) is 3. The Labute approximate surface area is 178 Å². The summed E-state index contributed by atoms with van der Waals surface area (Å²) in [5, 5.41) is 0. The molecule has 0 saturated carbocycles. The highest BCUT2D eigenvalue weighted by Gasteiger charge is 2.23. The maximum atomic E-state index is 12.8. The van der Waals surface area contributed by atoms with Gasteiger partial charge in [0.05, 0.1) is 0 Å². The molecule has 1 amide bonds. The zero-order valence-corrected chi connectivity index (χ0v) is 17.4. The number of piperazine rings is 1. The average Bonchev–Trinajstić information content (AvgIpc) is 2.81. The molecule has 0 radical (unpaired) electrons. The maximum Gasteiger partial charge on any atom is 0.248 e. The Balaban J connectivity index is 1.36. The number of rotatable bonds is 6. The molecule has 0 bridgehead atoms. The van der Waals surface area contributed by atoms with Crippen LogP contribution in [0.2, 0.25) is 0 Å². The first kappa shape index (κ1) is 20.2. The van der Waals surface area contributed by atoms with E-state index in [0.717, 1.165) is 37.3 Å². The first-order chi connectivity index (χ1) is 14.7. The van der Waals surface area contributed by atoms with Crippen LogP contribution in [0, 0.1) is 6.92 Å². The van der Waals surface area contributed by atoms with Gasteiger partial charge in [0.1, 0.15) is 12.7 Å². The Morgan fingerprint density at radius 1 is 0.833 bits per heavy atom. The summed E-state index contributed by atoms with van der Waals surface area (Å²) in [6.45, 7) is 5.32. The Hall–Kier alpha value is -3.11. The van der Waals surface area contributed by atoms with Crippen molar-refractivity contribution < 1.29 is 9.53 Å². The van der Waals surface area contributed by atoms with Crippen molar-refractivity contribution in [1.82, 2.24) is 4.90 Å². The van der Waals surface area contributed by atoms with Gasteiger partial charge in [0, 0.05) is 31.9 Å². The molecular weight excluding hydrogens is 372 g/mol. The van der Waals surface area contributed by atoms with Crippen molar-refractivity contribution in [3.8, 4) is 0 Å². The summed E-state index contributed by atoms with van der Waals surface area (Å²) in [5.74, 6) is 0.0516. The van der Waals surface area contributed by atoms with E-state index in [-0.39, 0.29) is 18.6 Å². The molecule has 4 nitrogen and oxygen atoms in total. The second-order valence-electron chi connectivity index (χ2n) is 7.72. The molecule has 1 saturated heterocycles. The van der Waals surface area contributed by atoms with Gasteiger partial charge in [-0.3, -0.25) is 4.79 Å². The third kappa shape index (κ3) is 4.89. The highest BCUT2D eigenvalue weighted by molar-refractivity contribution is 5.78. The number of nitrogens with zero attached hydrogens (tertiary/aromatic N) is 2. The molecule has 1 aliphatic rings. The van der Waals surface area contributed by atoms with Gasteiger partial charge >= 0.3 is 0 Å². The van der Waals surface area contributed by atoms with Crippen LogP contribution in [0.3, 0.4) is 0 Å². The van der Waals surface area contributed by atoms with Gasteiger partial charge in [0.2, 0.25) is 5.91 Å². The Morgan fingerprint density at radius 2 is 1.43 bits per heavy atom. The predicted octanol–water partition coefficient (Wildman–Crippen LogP) is 4.45. The fourth-order valence-electron chi connectivity index (χ4n) is 3.93. The van der Waals surface area contributed by atoms with Crippen molar-refractivity contribution in [1.29, 1.82) is 0 Å². The molecule has 154 valence electrons. The molecule has 30 heavy (non-hydrogen) atoms. The monoisotopic (exact) mass is 400 g/mol. The fraction of sp³-hybridized carbons (Fsp3) is 0.269. The van der Waals surface area contributed by atoms with Crippen LogP contribution in [-0.2, 0) is 9.53 Å². The highest BCUT2D eigenvalue weighted by atomic mass is 16.5. The average molecular weight is 401 g/mol. The maximum absolute atomic E-state index is 12.8. The molecule has 0 atom stereocenters. The third-order valence-electron chi connectivity index (χ3n) is 5.58. The van der Waals surface area contributed by atoms with Crippen LogP contribution in [0.25, 0.3) is 0 Å². The van der Waals surface area contributed by atoms with E-state index in [4.69, 9.17) is 4.74 Å². The van der Waals surface area contributed by atoms with E-state index in [2.05, 4.69) is 36.1 Å².